The fourth-order valence-corrected chi connectivity index (χ4v) is 2.25. The second kappa shape index (κ2) is 5.88. The number of aliphatic carboxylic acids is 1. The number of rotatable bonds is 3. The molecule has 106 valence electrons. The lowest BCUT2D eigenvalue weighted by molar-refractivity contribution is -0.197. The Labute approximate surface area is 104 Å². The van der Waals surface area contributed by atoms with Gasteiger partial charge in [-0.05, 0) is 33.5 Å². The van der Waals surface area contributed by atoms with Crippen molar-refractivity contribution in [1.82, 2.24) is 9.80 Å². The van der Waals surface area contributed by atoms with E-state index in [9.17, 15) is 18.0 Å². The molecule has 1 saturated heterocycles. The summed E-state index contributed by atoms with van der Waals surface area (Å²) >= 11 is 0. The number of halogens is 3. The van der Waals surface area contributed by atoms with Crippen molar-refractivity contribution < 1.29 is 23.1 Å². The van der Waals surface area contributed by atoms with E-state index >= 15 is 0 Å². The van der Waals surface area contributed by atoms with Gasteiger partial charge >= 0.3 is 12.1 Å². The highest BCUT2D eigenvalue weighted by Gasteiger charge is 2.46. The zero-order valence-electron chi connectivity index (χ0n) is 10.6. The molecule has 0 aliphatic carbocycles. The van der Waals surface area contributed by atoms with Crippen LogP contribution in [0.25, 0.3) is 0 Å². The second-order valence-corrected chi connectivity index (χ2v) is 4.89. The summed E-state index contributed by atoms with van der Waals surface area (Å²) in [7, 11) is 1.92. The molecule has 1 aliphatic rings. The van der Waals surface area contributed by atoms with Crippen molar-refractivity contribution in [3.63, 3.8) is 0 Å². The number of likely N-dealkylation sites (N-methyl/N-ethyl adjacent to an activating group) is 1. The zero-order chi connectivity index (χ0) is 13.9. The van der Waals surface area contributed by atoms with Crippen LogP contribution in [-0.2, 0) is 4.79 Å². The Morgan fingerprint density at radius 2 is 2.06 bits per heavy atom. The van der Waals surface area contributed by atoms with Crippen LogP contribution in [0.1, 0.15) is 13.3 Å². The maximum Gasteiger partial charge on any atom is 0.403 e. The number of carboxylic acid groups (broad SMARTS) is 1. The molecule has 1 fully saturated rings. The van der Waals surface area contributed by atoms with Gasteiger partial charge in [0.05, 0.1) is 0 Å². The molecule has 7 heteroatoms. The van der Waals surface area contributed by atoms with Crippen LogP contribution in [0.3, 0.4) is 0 Å². The largest absolute Gasteiger partial charge is 0.481 e. The summed E-state index contributed by atoms with van der Waals surface area (Å²) in [5.41, 5.74) is 0. The predicted molar refractivity (Wildman–Crippen MR) is 60.3 cm³/mol. The first kappa shape index (κ1) is 15.2. The van der Waals surface area contributed by atoms with Gasteiger partial charge in [0.2, 0.25) is 0 Å². The van der Waals surface area contributed by atoms with Gasteiger partial charge < -0.3 is 10.0 Å². The molecule has 1 rings (SSSR count). The Kier molecular flexibility index (Phi) is 4.98. The number of hydrogen-bond acceptors (Lipinski definition) is 3. The van der Waals surface area contributed by atoms with E-state index in [4.69, 9.17) is 5.11 Å². The van der Waals surface area contributed by atoms with Crippen LogP contribution in [0.4, 0.5) is 13.2 Å². The quantitative estimate of drug-likeness (QED) is 0.837. The summed E-state index contributed by atoms with van der Waals surface area (Å²) < 4.78 is 37.8. The fourth-order valence-electron chi connectivity index (χ4n) is 2.25. The SMILES string of the molecule is CC1CN(C)CCCN1CC(C(=O)O)C(F)(F)F. The van der Waals surface area contributed by atoms with Crippen LogP contribution in [-0.4, -0.2) is 66.3 Å². The highest BCUT2D eigenvalue weighted by molar-refractivity contribution is 5.71. The van der Waals surface area contributed by atoms with Crippen LogP contribution in [0, 0.1) is 5.92 Å². The molecule has 1 N–H and O–H groups in total. The average Bonchev–Trinajstić information content (AvgIpc) is 2.34. The normalized spacial score (nSPS) is 25.7. The summed E-state index contributed by atoms with van der Waals surface area (Å²) in [5.74, 6) is -4.10. The maximum absolute atomic E-state index is 12.6. The van der Waals surface area contributed by atoms with Crippen molar-refractivity contribution in [3.8, 4) is 0 Å². The lowest BCUT2D eigenvalue weighted by Crippen LogP contribution is -2.46. The molecule has 0 bridgehead atoms. The van der Waals surface area contributed by atoms with Crippen LogP contribution in [0.2, 0.25) is 0 Å². The minimum Gasteiger partial charge on any atom is -0.481 e. The smallest absolute Gasteiger partial charge is 0.403 e. The van der Waals surface area contributed by atoms with Gasteiger partial charge in [0, 0.05) is 19.1 Å². The van der Waals surface area contributed by atoms with Crippen LogP contribution in [0.5, 0.6) is 0 Å². The summed E-state index contributed by atoms with van der Waals surface area (Å²) in [6.07, 6.45) is -3.94. The lowest BCUT2D eigenvalue weighted by atomic mass is 10.1. The highest BCUT2D eigenvalue weighted by Crippen LogP contribution is 2.28. The lowest BCUT2D eigenvalue weighted by Gasteiger charge is -2.30. The average molecular weight is 268 g/mol. The van der Waals surface area contributed by atoms with E-state index < -0.39 is 24.6 Å². The van der Waals surface area contributed by atoms with Crippen molar-refractivity contribution in [2.45, 2.75) is 25.6 Å². The third-order valence-electron chi connectivity index (χ3n) is 3.29. The Morgan fingerprint density at radius 3 is 2.56 bits per heavy atom. The number of carboxylic acids is 1. The van der Waals surface area contributed by atoms with Crippen molar-refractivity contribution in [2.75, 3.05) is 33.2 Å². The number of nitrogens with zero attached hydrogens (tertiary/aromatic N) is 2. The van der Waals surface area contributed by atoms with Gasteiger partial charge in [0.15, 0.2) is 5.92 Å². The van der Waals surface area contributed by atoms with Crippen molar-refractivity contribution in [2.24, 2.45) is 5.92 Å². The van der Waals surface area contributed by atoms with E-state index in [1.165, 1.54) is 0 Å². The topological polar surface area (TPSA) is 43.8 Å². The van der Waals surface area contributed by atoms with Gasteiger partial charge in [-0.2, -0.15) is 13.2 Å². The Hall–Kier alpha value is -0.820. The van der Waals surface area contributed by atoms with E-state index in [1.807, 2.05) is 18.9 Å². The van der Waals surface area contributed by atoms with Crippen LogP contribution < -0.4 is 0 Å². The van der Waals surface area contributed by atoms with E-state index in [0.717, 1.165) is 13.0 Å². The van der Waals surface area contributed by atoms with E-state index in [2.05, 4.69) is 0 Å². The molecule has 1 heterocycles. The highest BCUT2D eigenvalue weighted by atomic mass is 19.4. The van der Waals surface area contributed by atoms with Gasteiger partial charge in [-0.3, -0.25) is 9.69 Å². The molecule has 0 aromatic heterocycles. The van der Waals surface area contributed by atoms with Gasteiger partial charge in [0.25, 0.3) is 0 Å². The maximum atomic E-state index is 12.6. The molecule has 2 unspecified atom stereocenters. The molecular weight excluding hydrogens is 249 g/mol. The molecule has 0 amide bonds. The minimum absolute atomic E-state index is 0.0679. The second-order valence-electron chi connectivity index (χ2n) is 4.89. The van der Waals surface area contributed by atoms with Gasteiger partial charge in [-0.1, -0.05) is 0 Å². The van der Waals surface area contributed by atoms with Gasteiger partial charge in [-0.25, -0.2) is 0 Å². The molecule has 0 radical (unpaired) electrons. The third kappa shape index (κ3) is 4.13. The Bertz CT molecular complexity index is 297. The van der Waals surface area contributed by atoms with Crippen molar-refractivity contribution >= 4 is 5.97 Å². The molecular formula is C11H19F3N2O2. The standard InChI is InChI=1S/C11H19F3N2O2/c1-8-6-15(2)4-3-5-16(8)7-9(10(17)18)11(12,13)14/h8-9H,3-7H2,1-2H3,(H,17,18). The Balaban J connectivity index is 2.71. The summed E-state index contributed by atoms with van der Waals surface area (Å²) in [5, 5.41) is 8.69. The molecule has 0 saturated carbocycles. The van der Waals surface area contributed by atoms with Gasteiger partial charge in [0.1, 0.15) is 0 Å². The first-order valence-corrected chi connectivity index (χ1v) is 5.94. The molecule has 0 spiro atoms. The molecule has 18 heavy (non-hydrogen) atoms. The number of alkyl halides is 3. The summed E-state index contributed by atoms with van der Waals surface area (Å²) in [4.78, 5) is 14.4. The van der Waals surface area contributed by atoms with Crippen LogP contribution in [0.15, 0.2) is 0 Å². The van der Waals surface area contributed by atoms with Crippen molar-refractivity contribution in [3.05, 3.63) is 0 Å². The first-order valence-electron chi connectivity index (χ1n) is 5.94. The molecule has 4 nitrogen and oxygen atoms in total. The molecule has 0 aromatic carbocycles. The monoisotopic (exact) mass is 268 g/mol. The van der Waals surface area contributed by atoms with E-state index in [0.29, 0.717) is 13.1 Å². The van der Waals surface area contributed by atoms with Crippen LogP contribution >= 0.6 is 0 Å². The molecule has 1 aliphatic heterocycles. The number of hydrogen-bond donors (Lipinski definition) is 1. The first-order chi connectivity index (χ1) is 8.21. The van der Waals surface area contributed by atoms with Crippen molar-refractivity contribution in [1.29, 1.82) is 0 Å². The fraction of sp³-hybridized carbons (Fsp3) is 0.909. The van der Waals surface area contributed by atoms with E-state index in [-0.39, 0.29) is 6.04 Å². The van der Waals surface area contributed by atoms with Gasteiger partial charge in [-0.15, -0.1) is 0 Å². The molecule has 0 aromatic rings. The Morgan fingerprint density at radius 1 is 1.44 bits per heavy atom. The minimum atomic E-state index is -4.69. The van der Waals surface area contributed by atoms with E-state index in [1.54, 1.807) is 4.90 Å². The number of carbonyl (C=O) groups is 1. The summed E-state index contributed by atoms with van der Waals surface area (Å²) in [6.45, 7) is 3.35. The molecule has 2 atom stereocenters. The zero-order valence-corrected chi connectivity index (χ0v) is 10.6. The predicted octanol–water partition coefficient (Wildman–Crippen LogP) is 1.28. The third-order valence-corrected chi connectivity index (χ3v) is 3.29. The summed E-state index contributed by atoms with van der Waals surface area (Å²) in [6, 6.07) is -0.0679.